The molecule has 4 nitrogen and oxygen atoms in total. The van der Waals surface area contributed by atoms with Crippen molar-refractivity contribution in [2.45, 2.75) is 19.3 Å². The number of amides is 1. The van der Waals surface area contributed by atoms with E-state index >= 15 is 0 Å². The van der Waals surface area contributed by atoms with Crippen molar-refractivity contribution < 1.29 is 4.79 Å². The Balaban J connectivity index is 1.77. The Morgan fingerprint density at radius 1 is 0.957 bits per heavy atom. The fourth-order valence-corrected chi connectivity index (χ4v) is 2.95. The molecule has 1 N–H and O–H groups in total. The summed E-state index contributed by atoms with van der Waals surface area (Å²) in [5, 5.41) is 12.4. The van der Waals surface area contributed by atoms with E-state index in [9.17, 15) is 4.79 Å². The molecule has 0 radical (unpaired) electrons. The van der Waals surface area contributed by atoms with Gasteiger partial charge in [0.05, 0.1) is 5.41 Å². The van der Waals surface area contributed by atoms with Crippen LogP contribution >= 0.6 is 11.3 Å². The van der Waals surface area contributed by atoms with Crippen LogP contribution in [-0.4, -0.2) is 16.1 Å². The van der Waals surface area contributed by atoms with E-state index in [0.717, 1.165) is 16.1 Å². The zero-order valence-corrected chi connectivity index (χ0v) is 13.8. The number of benzene rings is 2. The van der Waals surface area contributed by atoms with E-state index in [1.807, 2.05) is 74.5 Å². The zero-order valence-electron chi connectivity index (χ0n) is 13.0. The highest BCUT2D eigenvalue weighted by Crippen LogP contribution is 2.29. The predicted octanol–water partition coefficient (Wildman–Crippen LogP) is 4.12. The van der Waals surface area contributed by atoms with Gasteiger partial charge in [0.1, 0.15) is 5.01 Å². The van der Waals surface area contributed by atoms with Crippen molar-refractivity contribution >= 4 is 22.4 Å². The summed E-state index contributed by atoms with van der Waals surface area (Å²) in [6, 6.07) is 19.5. The number of nitrogens with zero attached hydrogens (tertiary/aromatic N) is 2. The molecule has 23 heavy (non-hydrogen) atoms. The van der Waals surface area contributed by atoms with E-state index in [0.29, 0.717) is 5.13 Å². The van der Waals surface area contributed by atoms with Crippen LogP contribution in [0.3, 0.4) is 0 Å². The van der Waals surface area contributed by atoms with E-state index in [1.54, 1.807) is 0 Å². The van der Waals surface area contributed by atoms with Gasteiger partial charge in [0.2, 0.25) is 11.0 Å². The van der Waals surface area contributed by atoms with Gasteiger partial charge >= 0.3 is 0 Å². The van der Waals surface area contributed by atoms with Gasteiger partial charge in [-0.1, -0.05) is 72.0 Å². The first-order valence-electron chi connectivity index (χ1n) is 7.33. The third-order valence-electron chi connectivity index (χ3n) is 3.73. The minimum Gasteiger partial charge on any atom is -0.300 e. The normalized spacial score (nSPS) is 11.2. The summed E-state index contributed by atoms with van der Waals surface area (Å²) >= 11 is 1.37. The molecule has 0 bridgehead atoms. The van der Waals surface area contributed by atoms with Crippen LogP contribution in [0.4, 0.5) is 5.13 Å². The van der Waals surface area contributed by atoms with Crippen molar-refractivity contribution in [3.05, 3.63) is 66.2 Å². The second-order valence-electron chi connectivity index (χ2n) is 5.72. The Labute approximate surface area is 139 Å². The maximum atomic E-state index is 12.6. The van der Waals surface area contributed by atoms with Crippen LogP contribution in [-0.2, 0) is 10.2 Å². The lowest BCUT2D eigenvalue weighted by Crippen LogP contribution is -2.34. The average molecular weight is 323 g/mol. The number of anilines is 1. The van der Waals surface area contributed by atoms with Crippen molar-refractivity contribution in [3.8, 4) is 10.6 Å². The van der Waals surface area contributed by atoms with Crippen LogP contribution in [0.5, 0.6) is 0 Å². The van der Waals surface area contributed by atoms with Crippen molar-refractivity contribution in [1.29, 1.82) is 0 Å². The summed E-state index contributed by atoms with van der Waals surface area (Å²) in [7, 11) is 0. The molecule has 1 heterocycles. The molecule has 0 spiro atoms. The van der Waals surface area contributed by atoms with Crippen LogP contribution in [0.1, 0.15) is 19.4 Å². The first-order chi connectivity index (χ1) is 11.1. The fourth-order valence-electron chi connectivity index (χ4n) is 2.21. The average Bonchev–Trinajstić information content (AvgIpc) is 3.05. The number of carbonyl (C=O) groups is 1. The Kier molecular flexibility index (Phi) is 4.21. The number of hydrogen-bond acceptors (Lipinski definition) is 4. The smallest absolute Gasteiger partial charge is 0.236 e. The summed E-state index contributed by atoms with van der Waals surface area (Å²) in [6.45, 7) is 3.80. The van der Waals surface area contributed by atoms with E-state index in [1.165, 1.54) is 11.3 Å². The van der Waals surface area contributed by atoms with E-state index in [4.69, 9.17) is 0 Å². The standard InChI is InChI=1S/C18H17N3OS/c1-18(2,14-11-7-4-8-12-14)16(22)19-17-21-20-15(23-17)13-9-5-3-6-10-13/h3-12H,1-2H3,(H,19,21,22). The van der Waals surface area contributed by atoms with Gasteiger partial charge in [-0.15, -0.1) is 10.2 Å². The van der Waals surface area contributed by atoms with Gasteiger partial charge in [0.25, 0.3) is 0 Å². The highest BCUT2D eigenvalue weighted by atomic mass is 32.1. The number of hydrogen-bond donors (Lipinski definition) is 1. The molecule has 116 valence electrons. The summed E-state index contributed by atoms with van der Waals surface area (Å²) < 4.78 is 0. The SMILES string of the molecule is CC(C)(C(=O)Nc1nnc(-c2ccccc2)s1)c1ccccc1. The summed E-state index contributed by atoms with van der Waals surface area (Å²) in [5.74, 6) is -0.0977. The highest BCUT2D eigenvalue weighted by Gasteiger charge is 2.30. The van der Waals surface area contributed by atoms with Crippen LogP contribution in [0, 0.1) is 0 Å². The lowest BCUT2D eigenvalue weighted by molar-refractivity contribution is -0.120. The molecule has 0 saturated heterocycles. The monoisotopic (exact) mass is 323 g/mol. The van der Waals surface area contributed by atoms with E-state index in [2.05, 4.69) is 15.5 Å². The van der Waals surface area contributed by atoms with E-state index < -0.39 is 5.41 Å². The second-order valence-corrected chi connectivity index (χ2v) is 6.70. The maximum Gasteiger partial charge on any atom is 0.236 e. The van der Waals surface area contributed by atoms with Crippen LogP contribution in [0.2, 0.25) is 0 Å². The van der Waals surface area contributed by atoms with Gasteiger partial charge < -0.3 is 0 Å². The Bertz CT molecular complexity index is 797. The molecule has 0 fully saturated rings. The molecular weight excluding hydrogens is 306 g/mol. The minimum atomic E-state index is -0.639. The third-order valence-corrected chi connectivity index (χ3v) is 4.62. The molecule has 0 aliphatic heterocycles. The molecule has 3 rings (SSSR count). The van der Waals surface area contributed by atoms with Gasteiger partial charge in [0, 0.05) is 5.56 Å². The first-order valence-corrected chi connectivity index (χ1v) is 8.15. The predicted molar refractivity (Wildman–Crippen MR) is 93.4 cm³/mol. The molecular formula is C18H17N3OS. The van der Waals surface area contributed by atoms with Crippen molar-refractivity contribution in [2.75, 3.05) is 5.32 Å². The van der Waals surface area contributed by atoms with E-state index in [-0.39, 0.29) is 5.91 Å². The highest BCUT2D eigenvalue weighted by molar-refractivity contribution is 7.18. The topological polar surface area (TPSA) is 54.9 Å². The largest absolute Gasteiger partial charge is 0.300 e. The van der Waals surface area contributed by atoms with Crippen molar-refractivity contribution in [3.63, 3.8) is 0 Å². The number of aromatic nitrogens is 2. The summed E-state index contributed by atoms with van der Waals surface area (Å²) in [5.41, 5.74) is 1.32. The number of nitrogens with one attached hydrogen (secondary N) is 1. The lowest BCUT2D eigenvalue weighted by Gasteiger charge is -2.23. The van der Waals surface area contributed by atoms with Gasteiger partial charge in [-0.25, -0.2) is 0 Å². The van der Waals surface area contributed by atoms with Crippen LogP contribution in [0.25, 0.3) is 10.6 Å². The van der Waals surface area contributed by atoms with Crippen LogP contribution < -0.4 is 5.32 Å². The number of carbonyl (C=O) groups excluding carboxylic acids is 1. The summed E-state index contributed by atoms with van der Waals surface area (Å²) in [6.07, 6.45) is 0. The Morgan fingerprint density at radius 2 is 1.57 bits per heavy atom. The molecule has 0 aliphatic carbocycles. The maximum absolute atomic E-state index is 12.6. The lowest BCUT2D eigenvalue weighted by atomic mass is 9.84. The molecule has 0 saturated carbocycles. The fraction of sp³-hybridized carbons (Fsp3) is 0.167. The Morgan fingerprint density at radius 3 is 2.22 bits per heavy atom. The molecule has 1 aromatic heterocycles. The van der Waals surface area contributed by atoms with Crippen molar-refractivity contribution in [1.82, 2.24) is 10.2 Å². The molecule has 3 aromatic rings. The van der Waals surface area contributed by atoms with Gasteiger partial charge in [0.15, 0.2) is 0 Å². The molecule has 0 aliphatic rings. The first kappa shape index (κ1) is 15.4. The molecule has 5 heteroatoms. The summed E-state index contributed by atoms with van der Waals surface area (Å²) in [4.78, 5) is 12.6. The molecule has 0 unspecified atom stereocenters. The van der Waals surface area contributed by atoms with Crippen molar-refractivity contribution in [2.24, 2.45) is 0 Å². The minimum absolute atomic E-state index is 0.0977. The molecule has 1 amide bonds. The molecule has 2 aromatic carbocycles. The van der Waals surface area contributed by atoms with Gasteiger partial charge in [-0.3, -0.25) is 10.1 Å². The number of rotatable bonds is 4. The second kappa shape index (κ2) is 6.30. The van der Waals surface area contributed by atoms with Gasteiger partial charge in [-0.2, -0.15) is 0 Å². The molecule has 0 atom stereocenters. The zero-order chi connectivity index (χ0) is 16.3. The third kappa shape index (κ3) is 3.29. The van der Waals surface area contributed by atoms with Gasteiger partial charge in [-0.05, 0) is 19.4 Å². The quantitative estimate of drug-likeness (QED) is 0.785. The Hall–Kier alpha value is -2.53. The van der Waals surface area contributed by atoms with Crippen LogP contribution in [0.15, 0.2) is 60.7 Å².